The minimum absolute atomic E-state index is 0.124. The van der Waals surface area contributed by atoms with Gasteiger partial charge in [0.1, 0.15) is 24.2 Å². The van der Waals surface area contributed by atoms with Gasteiger partial charge in [0.05, 0.1) is 19.7 Å². The van der Waals surface area contributed by atoms with E-state index in [9.17, 15) is 0 Å². The average Bonchev–Trinajstić information content (AvgIpc) is 3.14. The van der Waals surface area contributed by atoms with E-state index in [4.69, 9.17) is 14.2 Å². The summed E-state index contributed by atoms with van der Waals surface area (Å²) in [5.41, 5.74) is 2.36. The molecule has 0 aromatic heterocycles. The van der Waals surface area contributed by atoms with Gasteiger partial charge in [0.25, 0.3) is 0 Å². The van der Waals surface area contributed by atoms with Crippen LogP contribution in [0.1, 0.15) is 18.1 Å². The minimum Gasteiger partial charge on any atom is -0.491 e. The monoisotopic (exact) mass is 383 g/mol. The maximum Gasteiger partial charge on any atom is 0.191 e. The predicted octanol–water partition coefficient (Wildman–Crippen LogP) is 2.77. The molecule has 0 saturated heterocycles. The second-order valence-corrected chi connectivity index (χ2v) is 6.62. The second-order valence-electron chi connectivity index (χ2n) is 6.62. The van der Waals surface area contributed by atoms with Gasteiger partial charge in [0.2, 0.25) is 0 Å². The van der Waals surface area contributed by atoms with Crippen LogP contribution < -0.4 is 20.1 Å². The van der Waals surface area contributed by atoms with Crippen LogP contribution in [0.3, 0.4) is 0 Å². The molecule has 1 aliphatic heterocycles. The van der Waals surface area contributed by atoms with E-state index in [1.165, 1.54) is 5.56 Å². The summed E-state index contributed by atoms with van der Waals surface area (Å²) in [5.74, 6) is 2.61. The minimum atomic E-state index is 0.124. The number of fused-ring (bicyclic) bond motifs is 1. The van der Waals surface area contributed by atoms with Gasteiger partial charge in [-0.2, -0.15) is 0 Å². The van der Waals surface area contributed by atoms with Crippen LogP contribution in [0.5, 0.6) is 11.5 Å². The van der Waals surface area contributed by atoms with E-state index in [1.807, 2.05) is 36.4 Å². The summed E-state index contributed by atoms with van der Waals surface area (Å²) in [6.07, 6.45) is 1.04. The highest BCUT2D eigenvalue weighted by Gasteiger charge is 2.22. The van der Waals surface area contributed by atoms with Gasteiger partial charge >= 0.3 is 0 Å². The lowest BCUT2D eigenvalue weighted by molar-refractivity contribution is 0.146. The van der Waals surface area contributed by atoms with Gasteiger partial charge < -0.3 is 24.8 Å². The number of hydrogen-bond donors (Lipinski definition) is 2. The number of nitrogens with one attached hydrogen (secondary N) is 2. The Bertz CT molecular complexity index is 754. The maximum atomic E-state index is 5.99. The lowest BCUT2D eigenvalue weighted by atomic mass is 10.1. The molecule has 6 nitrogen and oxygen atoms in total. The number of hydrogen-bond acceptors (Lipinski definition) is 4. The quantitative estimate of drug-likeness (QED) is 0.396. The van der Waals surface area contributed by atoms with Crippen molar-refractivity contribution in [1.29, 1.82) is 0 Å². The van der Waals surface area contributed by atoms with Crippen molar-refractivity contribution in [2.24, 2.45) is 4.99 Å². The molecule has 0 bridgehead atoms. The van der Waals surface area contributed by atoms with Crippen molar-refractivity contribution < 1.29 is 14.2 Å². The number of guanidine groups is 1. The highest BCUT2D eigenvalue weighted by molar-refractivity contribution is 5.79. The molecule has 2 aromatic rings. The Hall–Kier alpha value is -2.73. The molecule has 0 amide bonds. The summed E-state index contributed by atoms with van der Waals surface area (Å²) in [4.78, 5) is 4.69. The fraction of sp³-hybridized carbons (Fsp3) is 0.409. The van der Waals surface area contributed by atoms with Crippen molar-refractivity contribution in [3.8, 4) is 11.5 Å². The average molecular weight is 383 g/mol. The number of aliphatic imine (C=N–C) groups is 1. The number of rotatable bonds is 9. The summed E-state index contributed by atoms with van der Waals surface area (Å²) in [6, 6.07) is 16.2. The van der Waals surface area contributed by atoms with Crippen molar-refractivity contribution in [1.82, 2.24) is 10.6 Å². The Morgan fingerprint density at radius 3 is 2.86 bits per heavy atom. The van der Waals surface area contributed by atoms with Crippen molar-refractivity contribution in [3.63, 3.8) is 0 Å². The molecular formula is C22H29N3O3. The number of benzene rings is 2. The number of methoxy groups -OCH3 is 1. The largest absolute Gasteiger partial charge is 0.491 e. The van der Waals surface area contributed by atoms with Gasteiger partial charge in [-0.15, -0.1) is 0 Å². The van der Waals surface area contributed by atoms with Gasteiger partial charge in [-0.05, 0) is 36.2 Å². The van der Waals surface area contributed by atoms with Gasteiger partial charge in [0.15, 0.2) is 5.96 Å². The molecule has 28 heavy (non-hydrogen) atoms. The van der Waals surface area contributed by atoms with Crippen LogP contribution >= 0.6 is 0 Å². The third-order valence-electron chi connectivity index (χ3n) is 4.43. The fourth-order valence-electron chi connectivity index (χ4n) is 3.07. The van der Waals surface area contributed by atoms with Gasteiger partial charge in [-0.1, -0.05) is 30.3 Å². The van der Waals surface area contributed by atoms with Crippen LogP contribution in [0.15, 0.2) is 53.5 Å². The van der Waals surface area contributed by atoms with E-state index in [0.29, 0.717) is 26.3 Å². The first kappa shape index (κ1) is 20.0. The van der Waals surface area contributed by atoms with E-state index in [-0.39, 0.29) is 6.10 Å². The van der Waals surface area contributed by atoms with Crippen LogP contribution in [-0.2, 0) is 17.7 Å². The molecular weight excluding hydrogens is 354 g/mol. The first-order valence-corrected chi connectivity index (χ1v) is 9.76. The molecule has 0 radical (unpaired) electrons. The molecule has 2 N–H and O–H groups in total. The first-order chi connectivity index (χ1) is 13.8. The SMILES string of the molecule is CCNC(=NCc1cccc(OCCOC)c1)NCC1Cc2ccccc2O1. The summed E-state index contributed by atoms with van der Waals surface area (Å²) < 4.78 is 16.7. The molecule has 0 aliphatic carbocycles. The van der Waals surface area contributed by atoms with Crippen molar-refractivity contribution in [2.75, 3.05) is 33.4 Å². The Labute approximate surface area is 166 Å². The van der Waals surface area contributed by atoms with Crippen LogP contribution in [0, 0.1) is 0 Å². The van der Waals surface area contributed by atoms with Crippen molar-refractivity contribution in [3.05, 3.63) is 59.7 Å². The fourth-order valence-corrected chi connectivity index (χ4v) is 3.07. The Kier molecular flexibility index (Phi) is 7.55. The zero-order chi connectivity index (χ0) is 19.6. The van der Waals surface area contributed by atoms with Crippen molar-refractivity contribution in [2.45, 2.75) is 26.0 Å². The highest BCUT2D eigenvalue weighted by Crippen LogP contribution is 2.27. The molecule has 0 spiro atoms. The number of nitrogens with zero attached hydrogens (tertiary/aromatic N) is 1. The van der Waals surface area contributed by atoms with Gasteiger partial charge in [-0.25, -0.2) is 4.99 Å². The van der Waals surface area contributed by atoms with E-state index in [1.54, 1.807) is 7.11 Å². The van der Waals surface area contributed by atoms with E-state index in [2.05, 4.69) is 34.7 Å². The highest BCUT2D eigenvalue weighted by atomic mass is 16.5. The van der Waals surface area contributed by atoms with E-state index >= 15 is 0 Å². The van der Waals surface area contributed by atoms with E-state index in [0.717, 1.165) is 36.0 Å². The molecule has 6 heteroatoms. The molecule has 1 aliphatic rings. The molecule has 1 unspecified atom stereocenters. The first-order valence-electron chi connectivity index (χ1n) is 9.76. The number of ether oxygens (including phenoxy) is 3. The molecule has 2 aromatic carbocycles. The molecule has 1 atom stereocenters. The molecule has 0 saturated carbocycles. The lowest BCUT2D eigenvalue weighted by Gasteiger charge is -2.15. The Morgan fingerprint density at radius 2 is 2.04 bits per heavy atom. The van der Waals surface area contributed by atoms with Crippen LogP contribution in [0.4, 0.5) is 0 Å². The van der Waals surface area contributed by atoms with Crippen LogP contribution in [0.2, 0.25) is 0 Å². The third kappa shape index (κ3) is 5.89. The third-order valence-corrected chi connectivity index (χ3v) is 4.43. The molecule has 150 valence electrons. The van der Waals surface area contributed by atoms with E-state index < -0.39 is 0 Å². The predicted molar refractivity (Wildman–Crippen MR) is 111 cm³/mol. The summed E-state index contributed by atoms with van der Waals surface area (Å²) in [5, 5.41) is 6.68. The number of para-hydroxylation sites is 1. The Balaban J connectivity index is 1.52. The van der Waals surface area contributed by atoms with Crippen LogP contribution in [0.25, 0.3) is 0 Å². The summed E-state index contributed by atoms with van der Waals surface area (Å²) >= 11 is 0. The second kappa shape index (κ2) is 10.6. The zero-order valence-electron chi connectivity index (χ0n) is 16.6. The van der Waals surface area contributed by atoms with Gasteiger partial charge in [0, 0.05) is 20.1 Å². The molecule has 1 heterocycles. The molecule has 3 rings (SSSR count). The van der Waals surface area contributed by atoms with Gasteiger partial charge in [-0.3, -0.25) is 0 Å². The van der Waals surface area contributed by atoms with Crippen molar-refractivity contribution >= 4 is 5.96 Å². The smallest absolute Gasteiger partial charge is 0.191 e. The Morgan fingerprint density at radius 1 is 1.14 bits per heavy atom. The molecule has 0 fully saturated rings. The topological polar surface area (TPSA) is 64.1 Å². The maximum absolute atomic E-state index is 5.99. The summed E-state index contributed by atoms with van der Waals surface area (Å²) in [6.45, 7) is 5.26. The standard InChI is InChI=1S/C22H29N3O3/c1-3-23-22(25-16-20-14-18-8-4-5-10-21(18)28-20)24-15-17-7-6-9-19(13-17)27-12-11-26-2/h4-10,13,20H,3,11-12,14-16H2,1-2H3,(H2,23,24,25). The van der Waals surface area contributed by atoms with Crippen LogP contribution in [-0.4, -0.2) is 45.5 Å². The summed E-state index contributed by atoms with van der Waals surface area (Å²) in [7, 11) is 1.67. The lowest BCUT2D eigenvalue weighted by Crippen LogP contribution is -2.42. The zero-order valence-corrected chi connectivity index (χ0v) is 16.6. The normalized spacial score (nSPS) is 15.6.